The van der Waals surface area contributed by atoms with E-state index >= 15 is 0 Å². The van der Waals surface area contributed by atoms with Crippen molar-refractivity contribution in [2.24, 2.45) is 0 Å². The molecular formula is C16H10BrClF2N2O3. The number of hydrogen-bond donors (Lipinski definition) is 1. The maximum atomic E-state index is 12.5. The quantitative estimate of drug-likeness (QED) is 0.726. The molecule has 0 saturated carbocycles. The Morgan fingerprint density at radius 2 is 2.08 bits per heavy atom. The van der Waals surface area contributed by atoms with Crippen LogP contribution >= 0.6 is 27.5 Å². The normalized spacial score (nSPS) is 10.2. The molecular weight excluding hydrogens is 422 g/mol. The number of para-hydroxylation sites is 1. The molecule has 0 atom stereocenters. The molecule has 0 aliphatic heterocycles. The van der Waals surface area contributed by atoms with E-state index in [1.807, 2.05) is 6.07 Å². The average molecular weight is 432 g/mol. The number of rotatable bonds is 6. The van der Waals surface area contributed by atoms with Crippen molar-refractivity contribution < 1.29 is 23.0 Å². The van der Waals surface area contributed by atoms with Gasteiger partial charge in [0.15, 0.2) is 12.4 Å². The molecule has 0 unspecified atom stereocenters. The van der Waals surface area contributed by atoms with Crippen LogP contribution in [-0.2, 0) is 4.79 Å². The molecule has 0 fully saturated rings. The number of halogens is 4. The number of ether oxygens (including phenoxy) is 2. The lowest BCUT2D eigenvalue weighted by Gasteiger charge is -2.14. The number of nitrogens with one attached hydrogen (secondary N) is 1. The van der Waals surface area contributed by atoms with E-state index in [9.17, 15) is 13.6 Å². The summed E-state index contributed by atoms with van der Waals surface area (Å²) in [5.74, 6) is -0.664. The van der Waals surface area contributed by atoms with Crippen molar-refractivity contribution in [1.82, 2.24) is 0 Å². The standard InChI is InChI=1S/C16H10BrClF2N2O3/c17-11-5-10(18)6-12(15(11)25-16(19)20)22-14(23)8-24-13-4-2-1-3-9(13)7-21/h1-6,16H,8H2,(H,22,23). The molecule has 0 saturated heterocycles. The van der Waals surface area contributed by atoms with E-state index in [0.717, 1.165) is 0 Å². The lowest BCUT2D eigenvalue weighted by Crippen LogP contribution is -2.21. The zero-order chi connectivity index (χ0) is 18.4. The third-order valence-electron chi connectivity index (χ3n) is 2.86. The highest BCUT2D eigenvalue weighted by Gasteiger charge is 2.17. The molecule has 2 aromatic carbocycles. The van der Waals surface area contributed by atoms with Gasteiger partial charge in [0.1, 0.15) is 11.8 Å². The van der Waals surface area contributed by atoms with Crippen molar-refractivity contribution in [3.8, 4) is 17.6 Å². The Morgan fingerprint density at radius 3 is 2.76 bits per heavy atom. The maximum absolute atomic E-state index is 12.5. The number of nitriles is 1. The van der Waals surface area contributed by atoms with Crippen LogP contribution in [0.2, 0.25) is 5.02 Å². The summed E-state index contributed by atoms with van der Waals surface area (Å²) in [6.07, 6.45) is 0. The van der Waals surface area contributed by atoms with Crippen LogP contribution in [0.3, 0.4) is 0 Å². The van der Waals surface area contributed by atoms with Crippen molar-refractivity contribution in [3.63, 3.8) is 0 Å². The van der Waals surface area contributed by atoms with Crippen molar-refractivity contribution >= 4 is 39.1 Å². The summed E-state index contributed by atoms with van der Waals surface area (Å²) in [7, 11) is 0. The van der Waals surface area contributed by atoms with Crippen LogP contribution in [-0.4, -0.2) is 19.1 Å². The minimum absolute atomic E-state index is 0.0400. The first-order valence-corrected chi connectivity index (χ1v) is 7.93. The number of hydrogen-bond acceptors (Lipinski definition) is 4. The van der Waals surface area contributed by atoms with Crippen molar-refractivity contribution in [2.45, 2.75) is 6.61 Å². The van der Waals surface area contributed by atoms with E-state index in [1.165, 1.54) is 24.3 Å². The molecule has 0 bridgehead atoms. The summed E-state index contributed by atoms with van der Waals surface area (Å²) < 4.78 is 34.9. The number of alkyl halides is 2. The molecule has 1 N–H and O–H groups in total. The summed E-state index contributed by atoms with van der Waals surface area (Å²) in [6.45, 7) is -3.51. The first-order valence-electron chi connectivity index (χ1n) is 6.76. The first-order chi connectivity index (χ1) is 11.9. The molecule has 2 aromatic rings. The summed E-state index contributed by atoms with van der Waals surface area (Å²) >= 11 is 8.91. The largest absolute Gasteiger partial charge is 0.482 e. The van der Waals surface area contributed by atoms with Gasteiger partial charge in [-0.05, 0) is 40.2 Å². The SMILES string of the molecule is N#Cc1ccccc1OCC(=O)Nc1cc(Cl)cc(Br)c1OC(F)F. The van der Waals surface area contributed by atoms with Gasteiger partial charge in [-0.25, -0.2) is 0 Å². The van der Waals surface area contributed by atoms with Crippen molar-refractivity contribution in [1.29, 1.82) is 5.26 Å². The van der Waals surface area contributed by atoms with Crippen LogP contribution in [0.15, 0.2) is 40.9 Å². The lowest BCUT2D eigenvalue weighted by atomic mass is 10.2. The molecule has 1 amide bonds. The van der Waals surface area contributed by atoms with E-state index < -0.39 is 19.1 Å². The second-order valence-corrected chi connectivity index (χ2v) is 5.88. The smallest absolute Gasteiger partial charge is 0.387 e. The number of benzene rings is 2. The number of carbonyl (C=O) groups is 1. The van der Waals surface area contributed by atoms with Gasteiger partial charge >= 0.3 is 6.61 Å². The average Bonchev–Trinajstić information content (AvgIpc) is 2.56. The Labute approximate surface area is 155 Å². The van der Waals surface area contributed by atoms with E-state index in [4.69, 9.17) is 21.6 Å². The minimum Gasteiger partial charge on any atom is -0.482 e. The van der Waals surface area contributed by atoms with Gasteiger partial charge in [-0.3, -0.25) is 4.79 Å². The van der Waals surface area contributed by atoms with Gasteiger partial charge < -0.3 is 14.8 Å². The van der Waals surface area contributed by atoms with Crippen LogP contribution in [0.5, 0.6) is 11.5 Å². The van der Waals surface area contributed by atoms with E-state index in [-0.39, 0.29) is 32.2 Å². The predicted octanol–water partition coefficient (Wildman–Crippen LogP) is 4.59. The molecule has 0 radical (unpaired) electrons. The fraction of sp³-hybridized carbons (Fsp3) is 0.125. The zero-order valence-electron chi connectivity index (χ0n) is 12.4. The Bertz CT molecular complexity index is 828. The topological polar surface area (TPSA) is 71.3 Å². The van der Waals surface area contributed by atoms with Gasteiger partial charge in [-0.1, -0.05) is 23.7 Å². The summed E-state index contributed by atoms with van der Waals surface area (Å²) in [6, 6.07) is 10.9. The molecule has 0 aliphatic rings. The molecule has 2 rings (SSSR count). The lowest BCUT2D eigenvalue weighted by molar-refractivity contribution is -0.118. The van der Waals surface area contributed by atoms with Crippen molar-refractivity contribution in [3.05, 3.63) is 51.5 Å². The third kappa shape index (κ3) is 5.31. The maximum Gasteiger partial charge on any atom is 0.387 e. The van der Waals surface area contributed by atoms with Crippen LogP contribution in [0.25, 0.3) is 0 Å². The molecule has 0 spiro atoms. The third-order valence-corrected chi connectivity index (χ3v) is 3.66. The fourth-order valence-corrected chi connectivity index (χ4v) is 2.78. The van der Waals surface area contributed by atoms with E-state index in [2.05, 4.69) is 26.0 Å². The number of amides is 1. The molecule has 130 valence electrons. The molecule has 0 aromatic heterocycles. The predicted molar refractivity (Wildman–Crippen MR) is 91.1 cm³/mol. The highest BCUT2D eigenvalue weighted by atomic mass is 79.9. The summed E-state index contributed by atoms with van der Waals surface area (Å²) in [5, 5.41) is 11.6. The van der Waals surface area contributed by atoms with Crippen LogP contribution in [0, 0.1) is 11.3 Å². The van der Waals surface area contributed by atoms with E-state index in [0.29, 0.717) is 0 Å². The van der Waals surface area contributed by atoms with E-state index in [1.54, 1.807) is 12.1 Å². The molecule has 5 nitrogen and oxygen atoms in total. The van der Waals surface area contributed by atoms with Crippen molar-refractivity contribution in [2.75, 3.05) is 11.9 Å². The Morgan fingerprint density at radius 1 is 1.36 bits per heavy atom. The van der Waals surface area contributed by atoms with Gasteiger partial charge in [-0.15, -0.1) is 0 Å². The Kier molecular flexibility index (Phi) is 6.56. The van der Waals surface area contributed by atoms with Gasteiger partial charge in [0.25, 0.3) is 5.91 Å². The highest BCUT2D eigenvalue weighted by molar-refractivity contribution is 9.10. The van der Waals surface area contributed by atoms with Gasteiger partial charge in [0, 0.05) is 5.02 Å². The summed E-state index contributed by atoms with van der Waals surface area (Å²) in [4.78, 5) is 12.0. The zero-order valence-corrected chi connectivity index (χ0v) is 14.8. The second kappa shape index (κ2) is 8.65. The van der Waals surface area contributed by atoms with Gasteiger partial charge in [0.2, 0.25) is 0 Å². The van der Waals surface area contributed by atoms with Crippen LogP contribution in [0.1, 0.15) is 5.56 Å². The number of anilines is 1. The molecule has 25 heavy (non-hydrogen) atoms. The second-order valence-electron chi connectivity index (χ2n) is 4.59. The van der Waals surface area contributed by atoms with Crippen LogP contribution in [0.4, 0.5) is 14.5 Å². The van der Waals surface area contributed by atoms with Crippen LogP contribution < -0.4 is 14.8 Å². The molecule has 9 heteroatoms. The molecule has 0 aliphatic carbocycles. The Hall–Kier alpha value is -2.37. The fourth-order valence-electron chi connectivity index (χ4n) is 1.88. The first kappa shape index (κ1) is 19.0. The number of nitrogens with zero attached hydrogens (tertiary/aromatic N) is 1. The molecule has 0 heterocycles. The van der Waals surface area contributed by atoms with Gasteiger partial charge in [-0.2, -0.15) is 14.0 Å². The Balaban J connectivity index is 2.11. The monoisotopic (exact) mass is 430 g/mol. The highest BCUT2D eigenvalue weighted by Crippen LogP contribution is 2.37. The summed E-state index contributed by atoms with van der Waals surface area (Å²) in [5.41, 5.74) is 0.226. The minimum atomic E-state index is -3.08. The van der Waals surface area contributed by atoms with Gasteiger partial charge in [0.05, 0.1) is 15.7 Å². The number of carbonyl (C=O) groups excluding carboxylic acids is 1.